The Balaban J connectivity index is 1.73. The van der Waals surface area contributed by atoms with Crippen LogP contribution in [0.15, 0.2) is 47.5 Å². The molecule has 0 saturated carbocycles. The average Bonchev–Trinajstić information content (AvgIpc) is 2.95. The number of hydrogen-bond acceptors (Lipinski definition) is 3. The number of nitrogens with zero attached hydrogens (tertiary/aromatic N) is 3. The molecule has 1 amide bonds. The van der Waals surface area contributed by atoms with Gasteiger partial charge in [0.05, 0.1) is 18.4 Å². The Morgan fingerprint density at radius 2 is 1.65 bits per heavy atom. The Bertz CT molecular complexity index is 994. The monoisotopic (exact) mass is 350 g/mol. The zero-order chi connectivity index (χ0) is 18.8. The van der Waals surface area contributed by atoms with Crippen molar-refractivity contribution < 1.29 is 4.79 Å². The Morgan fingerprint density at radius 3 is 2.27 bits per heavy atom. The first-order valence-electron chi connectivity index (χ1n) is 8.43. The van der Waals surface area contributed by atoms with E-state index in [-0.39, 0.29) is 17.9 Å². The number of aryl methyl sites for hydroxylation is 3. The zero-order valence-electron chi connectivity index (χ0n) is 15.4. The first kappa shape index (κ1) is 17.7. The van der Waals surface area contributed by atoms with Crippen LogP contribution in [0.3, 0.4) is 0 Å². The van der Waals surface area contributed by atoms with Crippen LogP contribution in [0.4, 0.5) is 5.69 Å². The summed E-state index contributed by atoms with van der Waals surface area (Å²) in [6.45, 7) is 5.80. The number of carbonyl (C=O) groups is 1. The fourth-order valence-electron chi connectivity index (χ4n) is 3.00. The van der Waals surface area contributed by atoms with Crippen molar-refractivity contribution >= 4 is 11.6 Å². The highest BCUT2D eigenvalue weighted by atomic mass is 16.1. The van der Waals surface area contributed by atoms with Crippen LogP contribution in [0.1, 0.15) is 22.6 Å². The molecule has 134 valence electrons. The van der Waals surface area contributed by atoms with E-state index in [2.05, 4.69) is 40.8 Å². The summed E-state index contributed by atoms with van der Waals surface area (Å²) in [6.07, 6.45) is 1.51. The Kier molecular flexibility index (Phi) is 4.75. The third kappa shape index (κ3) is 3.44. The van der Waals surface area contributed by atoms with Gasteiger partial charge in [0.25, 0.3) is 5.56 Å². The second-order valence-corrected chi connectivity index (χ2v) is 6.46. The van der Waals surface area contributed by atoms with E-state index in [0.29, 0.717) is 16.9 Å². The van der Waals surface area contributed by atoms with Crippen LogP contribution in [0.2, 0.25) is 0 Å². The minimum Gasteiger partial charge on any atom is -0.326 e. The molecule has 3 rings (SSSR count). The molecule has 0 spiro atoms. The molecular weight excluding hydrogens is 328 g/mol. The van der Waals surface area contributed by atoms with E-state index < -0.39 is 0 Å². The minimum atomic E-state index is -0.199. The van der Waals surface area contributed by atoms with Gasteiger partial charge >= 0.3 is 0 Å². The van der Waals surface area contributed by atoms with Crippen LogP contribution >= 0.6 is 0 Å². The maximum absolute atomic E-state index is 12.3. The molecule has 0 aliphatic heterocycles. The molecule has 6 heteroatoms. The second-order valence-electron chi connectivity index (χ2n) is 6.46. The SMILES string of the molecule is Cc1c(CC(=O)Nc2ccc(-n3c(C)ccc3C)cc2)ncn(C)c1=O. The maximum atomic E-state index is 12.3. The highest BCUT2D eigenvalue weighted by Crippen LogP contribution is 2.18. The lowest BCUT2D eigenvalue weighted by atomic mass is 10.2. The van der Waals surface area contributed by atoms with Crippen molar-refractivity contribution in [1.29, 1.82) is 0 Å². The molecular formula is C20H22N4O2. The van der Waals surface area contributed by atoms with Crippen LogP contribution in [0.25, 0.3) is 5.69 Å². The molecule has 0 unspecified atom stereocenters. The molecule has 0 bridgehead atoms. The van der Waals surface area contributed by atoms with Gasteiger partial charge in [-0.05, 0) is 57.2 Å². The average molecular weight is 350 g/mol. The topological polar surface area (TPSA) is 68.9 Å². The van der Waals surface area contributed by atoms with E-state index in [1.807, 2.05) is 24.3 Å². The predicted octanol–water partition coefficient (Wildman–Crippen LogP) is 2.68. The molecule has 0 radical (unpaired) electrons. The fraction of sp³-hybridized carbons (Fsp3) is 0.250. The van der Waals surface area contributed by atoms with Gasteiger partial charge in [-0.15, -0.1) is 0 Å². The van der Waals surface area contributed by atoms with Gasteiger partial charge in [0.2, 0.25) is 5.91 Å². The van der Waals surface area contributed by atoms with Gasteiger partial charge in [-0.3, -0.25) is 9.59 Å². The van der Waals surface area contributed by atoms with E-state index in [9.17, 15) is 9.59 Å². The molecule has 0 aliphatic carbocycles. The van der Waals surface area contributed by atoms with Crippen LogP contribution < -0.4 is 10.9 Å². The molecule has 1 aromatic carbocycles. The summed E-state index contributed by atoms with van der Waals surface area (Å²) in [4.78, 5) is 28.4. The first-order chi connectivity index (χ1) is 12.4. The summed E-state index contributed by atoms with van der Waals surface area (Å²) < 4.78 is 3.55. The summed E-state index contributed by atoms with van der Waals surface area (Å²) in [5.74, 6) is -0.199. The Morgan fingerprint density at radius 1 is 1.04 bits per heavy atom. The summed E-state index contributed by atoms with van der Waals surface area (Å²) in [7, 11) is 1.64. The summed E-state index contributed by atoms with van der Waals surface area (Å²) in [6, 6.07) is 11.8. The summed E-state index contributed by atoms with van der Waals surface area (Å²) >= 11 is 0. The maximum Gasteiger partial charge on any atom is 0.256 e. The van der Waals surface area contributed by atoms with E-state index in [0.717, 1.165) is 17.1 Å². The zero-order valence-corrected chi connectivity index (χ0v) is 15.4. The molecule has 0 atom stereocenters. The van der Waals surface area contributed by atoms with Gasteiger partial charge in [-0.1, -0.05) is 0 Å². The fourth-order valence-corrected chi connectivity index (χ4v) is 3.00. The van der Waals surface area contributed by atoms with Gasteiger partial charge in [0.1, 0.15) is 0 Å². The van der Waals surface area contributed by atoms with Crippen LogP contribution in [0.5, 0.6) is 0 Å². The van der Waals surface area contributed by atoms with Gasteiger partial charge in [-0.25, -0.2) is 4.98 Å². The number of anilines is 1. The number of amides is 1. The molecule has 6 nitrogen and oxygen atoms in total. The van der Waals surface area contributed by atoms with Crippen molar-refractivity contribution in [3.05, 3.63) is 75.7 Å². The van der Waals surface area contributed by atoms with E-state index >= 15 is 0 Å². The number of hydrogen-bond donors (Lipinski definition) is 1. The third-order valence-corrected chi connectivity index (χ3v) is 4.47. The number of benzene rings is 1. The summed E-state index contributed by atoms with van der Waals surface area (Å²) in [5.41, 5.74) is 4.94. The van der Waals surface area contributed by atoms with Crippen molar-refractivity contribution in [3.8, 4) is 5.69 Å². The highest BCUT2D eigenvalue weighted by Gasteiger charge is 2.11. The Hall–Kier alpha value is -3.15. The van der Waals surface area contributed by atoms with E-state index in [1.54, 1.807) is 14.0 Å². The highest BCUT2D eigenvalue weighted by molar-refractivity contribution is 5.92. The smallest absolute Gasteiger partial charge is 0.256 e. The largest absolute Gasteiger partial charge is 0.326 e. The lowest BCUT2D eigenvalue weighted by Crippen LogP contribution is -2.24. The van der Waals surface area contributed by atoms with Crippen LogP contribution in [-0.2, 0) is 18.3 Å². The van der Waals surface area contributed by atoms with Crippen molar-refractivity contribution in [2.24, 2.45) is 7.05 Å². The molecule has 2 aromatic heterocycles. The van der Waals surface area contributed by atoms with Gasteiger partial charge in [0.15, 0.2) is 0 Å². The molecule has 26 heavy (non-hydrogen) atoms. The lowest BCUT2D eigenvalue weighted by Gasteiger charge is -2.11. The first-order valence-corrected chi connectivity index (χ1v) is 8.43. The van der Waals surface area contributed by atoms with Gasteiger partial charge in [-0.2, -0.15) is 0 Å². The molecule has 2 heterocycles. The van der Waals surface area contributed by atoms with Crippen LogP contribution in [0, 0.1) is 20.8 Å². The Labute approximate surface area is 152 Å². The number of rotatable bonds is 4. The normalized spacial score (nSPS) is 10.8. The van der Waals surface area contributed by atoms with E-state index in [4.69, 9.17) is 0 Å². The number of carbonyl (C=O) groups excluding carboxylic acids is 1. The van der Waals surface area contributed by atoms with Gasteiger partial charge in [0, 0.05) is 35.4 Å². The lowest BCUT2D eigenvalue weighted by molar-refractivity contribution is -0.115. The van der Waals surface area contributed by atoms with Crippen molar-refractivity contribution in [2.45, 2.75) is 27.2 Å². The van der Waals surface area contributed by atoms with Crippen molar-refractivity contribution in [3.63, 3.8) is 0 Å². The van der Waals surface area contributed by atoms with E-state index in [1.165, 1.54) is 10.9 Å². The van der Waals surface area contributed by atoms with Crippen molar-refractivity contribution in [1.82, 2.24) is 14.1 Å². The number of nitrogens with one attached hydrogen (secondary N) is 1. The van der Waals surface area contributed by atoms with Gasteiger partial charge < -0.3 is 14.5 Å². The molecule has 1 N–H and O–H groups in total. The molecule has 0 aliphatic rings. The minimum absolute atomic E-state index is 0.0689. The molecule has 3 aromatic rings. The van der Waals surface area contributed by atoms with Crippen LogP contribution in [-0.4, -0.2) is 20.0 Å². The number of aromatic nitrogens is 3. The molecule has 0 saturated heterocycles. The molecule has 0 fully saturated rings. The second kappa shape index (κ2) is 7.00. The third-order valence-electron chi connectivity index (χ3n) is 4.47. The predicted molar refractivity (Wildman–Crippen MR) is 102 cm³/mol. The quantitative estimate of drug-likeness (QED) is 0.786. The summed E-state index contributed by atoms with van der Waals surface area (Å²) in [5, 5.41) is 2.86. The van der Waals surface area contributed by atoms with Crippen molar-refractivity contribution in [2.75, 3.05) is 5.32 Å². The standard InChI is InChI=1S/C20H22N4O2/c1-13-5-6-14(2)24(13)17-9-7-16(8-10-17)22-19(25)11-18-15(3)20(26)23(4)12-21-18/h5-10,12H,11H2,1-4H3,(H,22,25).